The van der Waals surface area contributed by atoms with Crippen LogP contribution in [-0.4, -0.2) is 23.2 Å². The van der Waals surface area contributed by atoms with E-state index in [0.29, 0.717) is 5.56 Å². The molecule has 1 aliphatic heterocycles. The Morgan fingerprint density at radius 1 is 1.11 bits per heavy atom. The zero-order valence-electron chi connectivity index (χ0n) is 14.7. The highest BCUT2D eigenvalue weighted by Gasteiger charge is 2.43. The third-order valence-corrected chi connectivity index (χ3v) is 4.29. The van der Waals surface area contributed by atoms with Gasteiger partial charge in [-0.3, -0.25) is 14.5 Å². The summed E-state index contributed by atoms with van der Waals surface area (Å²) >= 11 is 0. The maximum absolute atomic E-state index is 12.7. The third-order valence-electron chi connectivity index (χ3n) is 4.29. The molecule has 1 N–H and O–H groups in total. The molecule has 2 aromatic carbocycles. The number of halogens is 3. The number of ketones is 1. The van der Waals surface area contributed by atoms with Gasteiger partial charge in [-0.25, -0.2) is 0 Å². The van der Waals surface area contributed by atoms with Gasteiger partial charge >= 0.3 is 6.36 Å². The number of carbonyl (C=O) groups excluding carboxylic acids is 2. The highest BCUT2D eigenvalue weighted by molar-refractivity contribution is 6.16. The van der Waals surface area contributed by atoms with Crippen molar-refractivity contribution in [2.75, 3.05) is 4.90 Å². The van der Waals surface area contributed by atoms with Gasteiger partial charge in [-0.1, -0.05) is 37.3 Å². The van der Waals surface area contributed by atoms with Crippen LogP contribution in [0.15, 0.2) is 65.9 Å². The third kappa shape index (κ3) is 3.71. The maximum Gasteiger partial charge on any atom is 0.573 e. The van der Waals surface area contributed by atoms with Crippen LogP contribution >= 0.6 is 0 Å². The molecule has 0 radical (unpaired) electrons. The molecule has 1 atom stereocenters. The molecule has 0 spiro atoms. The van der Waals surface area contributed by atoms with Crippen LogP contribution in [0.3, 0.4) is 0 Å². The first-order valence-electron chi connectivity index (χ1n) is 8.43. The quantitative estimate of drug-likeness (QED) is 0.817. The van der Waals surface area contributed by atoms with E-state index in [4.69, 9.17) is 0 Å². The number of alkyl halides is 3. The molecule has 1 heterocycles. The molecule has 3 rings (SSSR count). The molecule has 5 nitrogen and oxygen atoms in total. The van der Waals surface area contributed by atoms with E-state index in [9.17, 15) is 27.9 Å². The SMILES string of the molecule is CCC(=O)C1=C(O)C(=O)N(c2ccc(OC(F)(F)F)cc2)C1c1ccccc1. The average Bonchev–Trinajstić information content (AvgIpc) is 2.92. The molecule has 28 heavy (non-hydrogen) atoms. The molecule has 0 aliphatic carbocycles. The zero-order chi connectivity index (χ0) is 20.5. The van der Waals surface area contributed by atoms with Gasteiger partial charge in [0.1, 0.15) is 5.75 Å². The standard InChI is InChI=1S/C20H16F3NO4/c1-2-15(25)16-17(12-6-4-3-5-7-12)24(19(27)18(16)26)13-8-10-14(11-9-13)28-20(21,22)23/h3-11,17,26H,2H2,1H3. The maximum atomic E-state index is 12.7. The number of anilines is 1. The Balaban J connectivity index is 2.04. The lowest BCUT2D eigenvalue weighted by atomic mass is 9.95. The number of amides is 1. The van der Waals surface area contributed by atoms with E-state index in [0.717, 1.165) is 12.1 Å². The summed E-state index contributed by atoms with van der Waals surface area (Å²) < 4.78 is 40.9. The molecule has 0 bridgehead atoms. The van der Waals surface area contributed by atoms with Crippen molar-refractivity contribution < 1.29 is 32.6 Å². The van der Waals surface area contributed by atoms with Crippen molar-refractivity contribution in [2.45, 2.75) is 25.7 Å². The first-order chi connectivity index (χ1) is 13.2. The van der Waals surface area contributed by atoms with Crippen LogP contribution in [0.1, 0.15) is 24.9 Å². The number of Topliss-reactive ketones (excluding diaryl/α,β-unsaturated/α-hetero) is 1. The van der Waals surface area contributed by atoms with E-state index in [1.165, 1.54) is 17.0 Å². The fourth-order valence-corrected chi connectivity index (χ4v) is 3.11. The van der Waals surface area contributed by atoms with E-state index >= 15 is 0 Å². The van der Waals surface area contributed by atoms with Gasteiger partial charge in [0, 0.05) is 12.1 Å². The molecular weight excluding hydrogens is 375 g/mol. The Morgan fingerprint density at radius 3 is 2.25 bits per heavy atom. The topological polar surface area (TPSA) is 66.8 Å². The Hall–Kier alpha value is -3.29. The van der Waals surface area contributed by atoms with Gasteiger partial charge in [0.05, 0.1) is 11.6 Å². The van der Waals surface area contributed by atoms with Crippen LogP contribution in [0.4, 0.5) is 18.9 Å². The van der Waals surface area contributed by atoms with Crippen LogP contribution in [0.25, 0.3) is 0 Å². The van der Waals surface area contributed by atoms with Gasteiger partial charge in [0.2, 0.25) is 0 Å². The van der Waals surface area contributed by atoms with Crippen LogP contribution in [0.2, 0.25) is 0 Å². The lowest BCUT2D eigenvalue weighted by Gasteiger charge is -2.27. The van der Waals surface area contributed by atoms with Crippen molar-refractivity contribution in [3.05, 3.63) is 71.5 Å². The van der Waals surface area contributed by atoms with Gasteiger partial charge in [-0.2, -0.15) is 0 Å². The van der Waals surface area contributed by atoms with Crippen LogP contribution in [0.5, 0.6) is 5.75 Å². The molecule has 0 saturated carbocycles. The number of hydrogen-bond donors (Lipinski definition) is 1. The van der Waals surface area contributed by atoms with Crippen LogP contribution in [-0.2, 0) is 9.59 Å². The second-order valence-electron chi connectivity index (χ2n) is 6.07. The monoisotopic (exact) mass is 391 g/mol. The number of aliphatic hydroxyl groups excluding tert-OH is 1. The fourth-order valence-electron chi connectivity index (χ4n) is 3.11. The van der Waals surface area contributed by atoms with Gasteiger partial charge < -0.3 is 9.84 Å². The van der Waals surface area contributed by atoms with Crippen molar-refractivity contribution in [3.8, 4) is 5.75 Å². The van der Waals surface area contributed by atoms with Crippen molar-refractivity contribution in [2.24, 2.45) is 0 Å². The highest BCUT2D eigenvalue weighted by Crippen LogP contribution is 2.41. The lowest BCUT2D eigenvalue weighted by Crippen LogP contribution is -2.31. The summed E-state index contributed by atoms with van der Waals surface area (Å²) in [5.74, 6) is -2.29. The zero-order valence-corrected chi connectivity index (χ0v) is 14.7. The molecule has 8 heteroatoms. The highest BCUT2D eigenvalue weighted by atomic mass is 19.4. The summed E-state index contributed by atoms with van der Waals surface area (Å²) in [4.78, 5) is 26.3. The summed E-state index contributed by atoms with van der Waals surface area (Å²) in [6.07, 6.45) is -4.75. The second-order valence-corrected chi connectivity index (χ2v) is 6.07. The normalized spacial score (nSPS) is 17.2. The number of aliphatic hydroxyl groups is 1. The van der Waals surface area contributed by atoms with E-state index in [1.54, 1.807) is 37.3 Å². The van der Waals surface area contributed by atoms with Crippen molar-refractivity contribution in [1.82, 2.24) is 0 Å². The number of carbonyl (C=O) groups is 2. The van der Waals surface area contributed by atoms with Gasteiger partial charge in [0.25, 0.3) is 5.91 Å². The van der Waals surface area contributed by atoms with Crippen LogP contribution < -0.4 is 9.64 Å². The Bertz CT molecular complexity index is 921. The number of rotatable bonds is 5. The number of ether oxygens (including phenoxy) is 1. The number of nitrogens with zero attached hydrogens (tertiary/aromatic N) is 1. The average molecular weight is 391 g/mol. The van der Waals surface area contributed by atoms with Crippen LogP contribution in [0, 0.1) is 0 Å². The molecule has 0 saturated heterocycles. The van der Waals surface area contributed by atoms with Gasteiger partial charge in [0.15, 0.2) is 11.5 Å². The summed E-state index contributed by atoms with van der Waals surface area (Å²) in [6, 6.07) is 12.4. The second kappa shape index (κ2) is 7.38. The largest absolute Gasteiger partial charge is 0.573 e. The van der Waals surface area contributed by atoms with Crippen molar-refractivity contribution in [1.29, 1.82) is 0 Å². The van der Waals surface area contributed by atoms with E-state index in [2.05, 4.69) is 4.74 Å². The molecule has 0 fully saturated rings. The van der Waals surface area contributed by atoms with Gasteiger partial charge in [-0.05, 0) is 29.8 Å². The molecular formula is C20H16F3NO4. The fraction of sp³-hybridized carbons (Fsp3) is 0.200. The van der Waals surface area contributed by atoms with E-state index < -0.39 is 29.8 Å². The number of benzene rings is 2. The smallest absolute Gasteiger partial charge is 0.503 e. The Morgan fingerprint density at radius 2 is 1.71 bits per heavy atom. The molecule has 2 aromatic rings. The molecule has 1 aliphatic rings. The van der Waals surface area contributed by atoms with E-state index in [1.807, 2.05) is 0 Å². The summed E-state index contributed by atoms with van der Waals surface area (Å²) in [5, 5.41) is 10.3. The minimum absolute atomic E-state index is 0.0330. The Kier molecular flexibility index (Phi) is 5.13. The minimum atomic E-state index is -4.84. The molecule has 0 aromatic heterocycles. The van der Waals surface area contributed by atoms with Crippen molar-refractivity contribution in [3.63, 3.8) is 0 Å². The van der Waals surface area contributed by atoms with E-state index in [-0.39, 0.29) is 23.5 Å². The molecule has 1 unspecified atom stereocenters. The minimum Gasteiger partial charge on any atom is -0.503 e. The first kappa shape index (κ1) is 19.5. The summed E-state index contributed by atoms with van der Waals surface area (Å²) in [5.41, 5.74) is 0.778. The Labute approximate surface area is 158 Å². The lowest BCUT2D eigenvalue weighted by molar-refractivity contribution is -0.274. The summed E-state index contributed by atoms with van der Waals surface area (Å²) in [6.45, 7) is 1.61. The predicted octanol–water partition coefficient (Wildman–Crippen LogP) is 4.46. The molecule has 146 valence electrons. The number of hydrogen-bond acceptors (Lipinski definition) is 4. The van der Waals surface area contributed by atoms with Crippen molar-refractivity contribution >= 4 is 17.4 Å². The molecule has 1 amide bonds. The predicted molar refractivity (Wildman–Crippen MR) is 94.7 cm³/mol. The van der Waals surface area contributed by atoms with Gasteiger partial charge in [-0.15, -0.1) is 13.2 Å². The summed E-state index contributed by atoms with van der Waals surface area (Å²) in [7, 11) is 0. The first-order valence-corrected chi connectivity index (χ1v) is 8.43.